The average Bonchev–Trinajstić information content (AvgIpc) is 3.27. The van der Waals surface area contributed by atoms with Crippen molar-refractivity contribution < 1.29 is 14.0 Å². The summed E-state index contributed by atoms with van der Waals surface area (Å²) in [5.74, 6) is 2.87. The van der Waals surface area contributed by atoms with Gasteiger partial charge in [0.15, 0.2) is 22.5 Å². The van der Waals surface area contributed by atoms with Gasteiger partial charge in [-0.15, -0.1) is 0 Å². The van der Waals surface area contributed by atoms with E-state index in [9.17, 15) is 4.79 Å². The molecule has 0 amide bonds. The molecule has 0 radical (unpaired) electrons. The van der Waals surface area contributed by atoms with Crippen molar-refractivity contribution in [3.05, 3.63) is 70.1 Å². The van der Waals surface area contributed by atoms with Crippen LogP contribution >= 0.6 is 11.8 Å². The lowest BCUT2D eigenvalue weighted by Gasteiger charge is -2.14. The summed E-state index contributed by atoms with van der Waals surface area (Å²) >= 11 is 1.40. The first-order valence-electron chi connectivity index (χ1n) is 10.3. The van der Waals surface area contributed by atoms with Crippen molar-refractivity contribution in [3.8, 4) is 11.5 Å². The summed E-state index contributed by atoms with van der Waals surface area (Å²) in [5.41, 5.74) is 1.44. The van der Waals surface area contributed by atoms with Crippen LogP contribution in [0.3, 0.4) is 0 Å². The highest BCUT2D eigenvalue weighted by molar-refractivity contribution is 7.98. The molecule has 2 aromatic carbocycles. The maximum absolute atomic E-state index is 13.3. The molecular formula is C23H24N4O4S. The van der Waals surface area contributed by atoms with Gasteiger partial charge in [-0.05, 0) is 36.2 Å². The summed E-state index contributed by atoms with van der Waals surface area (Å²) in [6.45, 7) is 2.40. The maximum Gasteiger partial charge on any atom is 0.262 e. The first-order chi connectivity index (χ1) is 15.6. The van der Waals surface area contributed by atoms with Crippen LogP contribution in [0.1, 0.15) is 30.6 Å². The van der Waals surface area contributed by atoms with Crippen molar-refractivity contribution in [2.75, 3.05) is 14.2 Å². The number of aromatic nitrogens is 4. The lowest BCUT2D eigenvalue weighted by molar-refractivity contribution is 0.354. The topological polar surface area (TPSA) is 92.3 Å². The molecule has 0 bridgehead atoms. The molecule has 0 aliphatic carbocycles. The van der Waals surface area contributed by atoms with Crippen LogP contribution in [0, 0.1) is 0 Å². The zero-order valence-corrected chi connectivity index (χ0v) is 19.0. The van der Waals surface area contributed by atoms with E-state index in [2.05, 4.69) is 17.1 Å². The van der Waals surface area contributed by atoms with Crippen LogP contribution in [-0.4, -0.2) is 33.9 Å². The number of thioether (sulfide) groups is 1. The second kappa shape index (κ2) is 9.86. The number of hydrogen-bond donors (Lipinski definition) is 0. The van der Waals surface area contributed by atoms with Crippen LogP contribution in [0.2, 0.25) is 0 Å². The van der Waals surface area contributed by atoms with E-state index in [1.54, 1.807) is 24.9 Å². The van der Waals surface area contributed by atoms with Gasteiger partial charge in [0.25, 0.3) is 5.56 Å². The zero-order chi connectivity index (χ0) is 22.5. The first kappa shape index (κ1) is 21.9. The number of ether oxygens (including phenoxy) is 2. The fraction of sp³-hybridized carbons (Fsp3) is 0.304. The fourth-order valence-electron chi connectivity index (χ4n) is 3.36. The predicted molar refractivity (Wildman–Crippen MR) is 123 cm³/mol. The van der Waals surface area contributed by atoms with Gasteiger partial charge < -0.3 is 14.0 Å². The molecule has 0 saturated heterocycles. The normalized spacial score (nSPS) is 11.1. The van der Waals surface area contributed by atoms with Crippen LogP contribution in [0.25, 0.3) is 10.9 Å². The van der Waals surface area contributed by atoms with E-state index in [4.69, 9.17) is 19.0 Å². The summed E-state index contributed by atoms with van der Waals surface area (Å²) in [6, 6.07) is 12.9. The summed E-state index contributed by atoms with van der Waals surface area (Å²) in [4.78, 5) is 22.5. The lowest BCUT2D eigenvalue weighted by Crippen LogP contribution is -2.24. The van der Waals surface area contributed by atoms with E-state index < -0.39 is 0 Å². The third-order valence-electron chi connectivity index (χ3n) is 4.92. The molecule has 9 heteroatoms. The Labute approximate surface area is 189 Å². The third kappa shape index (κ3) is 4.62. The van der Waals surface area contributed by atoms with Gasteiger partial charge in [0.05, 0.1) is 37.4 Å². The Kier molecular flexibility index (Phi) is 6.75. The lowest BCUT2D eigenvalue weighted by atomic mass is 10.2. The minimum atomic E-state index is -0.106. The third-order valence-corrected chi connectivity index (χ3v) is 5.88. The van der Waals surface area contributed by atoms with Gasteiger partial charge in [-0.2, -0.15) is 4.98 Å². The van der Waals surface area contributed by atoms with E-state index in [0.717, 1.165) is 18.4 Å². The quantitative estimate of drug-likeness (QED) is 0.277. The van der Waals surface area contributed by atoms with Gasteiger partial charge >= 0.3 is 0 Å². The Bertz CT molecular complexity index is 1280. The molecular weight excluding hydrogens is 428 g/mol. The van der Waals surface area contributed by atoms with Gasteiger partial charge in [0.2, 0.25) is 5.89 Å². The highest BCUT2D eigenvalue weighted by Crippen LogP contribution is 2.29. The Morgan fingerprint density at radius 3 is 2.66 bits per heavy atom. The molecule has 0 saturated carbocycles. The van der Waals surface area contributed by atoms with Gasteiger partial charge in [0, 0.05) is 6.42 Å². The SMILES string of the molecule is CCCc1noc(CSc2nc3ccccc3c(=O)n2Cc2ccc(OC)c(OC)c2)n1. The molecule has 2 aromatic heterocycles. The summed E-state index contributed by atoms with van der Waals surface area (Å²) in [6.07, 6.45) is 1.72. The van der Waals surface area contributed by atoms with Crippen molar-refractivity contribution in [2.45, 2.75) is 37.2 Å². The van der Waals surface area contributed by atoms with Gasteiger partial charge in [-0.25, -0.2) is 4.98 Å². The predicted octanol–water partition coefficient (Wildman–Crippen LogP) is 4.09. The van der Waals surface area contributed by atoms with Gasteiger partial charge in [-0.1, -0.05) is 42.0 Å². The molecule has 0 aliphatic rings. The molecule has 8 nitrogen and oxygen atoms in total. The molecule has 32 heavy (non-hydrogen) atoms. The molecule has 0 spiro atoms. The minimum Gasteiger partial charge on any atom is -0.493 e. The molecule has 0 aliphatic heterocycles. The maximum atomic E-state index is 13.3. The molecule has 2 heterocycles. The van der Waals surface area contributed by atoms with Crippen molar-refractivity contribution in [1.82, 2.24) is 19.7 Å². The summed E-state index contributed by atoms with van der Waals surface area (Å²) in [7, 11) is 3.18. The van der Waals surface area contributed by atoms with E-state index in [1.165, 1.54) is 11.8 Å². The average molecular weight is 453 g/mol. The van der Waals surface area contributed by atoms with Crippen molar-refractivity contribution in [2.24, 2.45) is 0 Å². The molecule has 0 N–H and O–H groups in total. The Morgan fingerprint density at radius 2 is 1.88 bits per heavy atom. The van der Waals surface area contributed by atoms with E-state index in [0.29, 0.717) is 51.6 Å². The zero-order valence-electron chi connectivity index (χ0n) is 18.2. The molecule has 0 fully saturated rings. The van der Waals surface area contributed by atoms with Crippen LogP contribution in [0.5, 0.6) is 11.5 Å². The molecule has 4 rings (SSSR count). The van der Waals surface area contributed by atoms with Crippen LogP contribution in [0.15, 0.2) is 56.9 Å². The fourth-order valence-corrected chi connectivity index (χ4v) is 4.20. The molecule has 0 unspecified atom stereocenters. The number of benzene rings is 2. The Morgan fingerprint density at radius 1 is 1.06 bits per heavy atom. The van der Waals surface area contributed by atoms with E-state index >= 15 is 0 Å². The summed E-state index contributed by atoms with van der Waals surface area (Å²) in [5, 5.41) is 5.15. The van der Waals surface area contributed by atoms with Crippen LogP contribution in [-0.2, 0) is 18.7 Å². The number of para-hydroxylation sites is 1. The van der Waals surface area contributed by atoms with Gasteiger partial charge in [-0.3, -0.25) is 9.36 Å². The molecule has 166 valence electrons. The smallest absolute Gasteiger partial charge is 0.262 e. The van der Waals surface area contributed by atoms with Crippen molar-refractivity contribution in [3.63, 3.8) is 0 Å². The van der Waals surface area contributed by atoms with E-state index in [-0.39, 0.29) is 5.56 Å². The molecule has 4 aromatic rings. The van der Waals surface area contributed by atoms with Gasteiger partial charge in [0.1, 0.15) is 0 Å². The number of hydrogen-bond acceptors (Lipinski definition) is 8. The first-order valence-corrected chi connectivity index (χ1v) is 11.3. The number of fused-ring (bicyclic) bond motifs is 1. The largest absolute Gasteiger partial charge is 0.493 e. The minimum absolute atomic E-state index is 0.106. The number of methoxy groups -OCH3 is 2. The standard InChI is InChI=1S/C23H24N4O4S/c1-4-7-20-25-21(31-26-20)14-32-23-24-17-9-6-5-8-16(17)22(28)27(23)13-15-10-11-18(29-2)19(12-15)30-3/h5-6,8-12H,4,7,13-14H2,1-3H3. The number of nitrogens with zero attached hydrogens (tertiary/aromatic N) is 4. The van der Waals surface area contributed by atoms with Crippen molar-refractivity contribution in [1.29, 1.82) is 0 Å². The second-order valence-electron chi connectivity index (χ2n) is 7.14. The van der Waals surface area contributed by atoms with Crippen LogP contribution in [0.4, 0.5) is 0 Å². The number of rotatable bonds is 9. The highest BCUT2D eigenvalue weighted by atomic mass is 32.2. The van der Waals surface area contributed by atoms with Crippen LogP contribution < -0.4 is 15.0 Å². The summed E-state index contributed by atoms with van der Waals surface area (Å²) < 4.78 is 17.7. The Hall–Kier alpha value is -3.33. The molecule has 0 atom stereocenters. The monoisotopic (exact) mass is 452 g/mol. The highest BCUT2D eigenvalue weighted by Gasteiger charge is 2.15. The Balaban J connectivity index is 1.69. The second-order valence-corrected chi connectivity index (χ2v) is 8.08. The number of aryl methyl sites for hydroxylation is 1. The van der Waals surface area contributed by atoms with Crippen molar-refractivity contribution >= 4 is 22.7 Å². The van der Waals surface area contributed by atoms with E-state index in [1.807, 2.05) is 36.4 Å².